The molecule has 0 aromatic rings. The second-order valence-electron chi connectivity index (χ2n) is 10.0. The zero-order chi connectivity index (χ0) is 19.8. The highest BCUT2D eigenvalue weighted by atomic mass is 79.9. The van der Waals surface area contributed by atoms with E-state index in [1.165, 1.54) is 19.3 Å². The Morgan fingerprint density at radius 3 is 2.58 bits per heavy atom. The summed E-state index contributed by atoms with van der Waals surface area (Å²) in [5.41, 5.74) is -0.356. The molecule has 3 nitrogen and oxygen atoms in total. The van der Waals surface area contributed by atoms with E-state index in [0.717, 1.165) is 31.6 Å². The summed E-state index contributed by atoms with van der Waals surface area (Å²) < 4.78 is 12.3. The molecule has 0 N–H and O–H groups in total. The van der Waals surface area contributed by atoms with Gasteiger partial charge in [-0.25, -0.2) is 0 Å². The van der Waals surface area contributed by atoms with Crippen molar-refractivity contribution < 1.29 is 14.3 Å². The molecule has 1 saturated heterocycles. The molecule has 152 valence electrons. The molecular formula is C22H39BrO3. The minimum atomic E-state index is -0.450. The molecule has 26 heavy (non-hydrogen) atoms. The maximum Gasteiger partial charge on any atom is 0.311 e. The normalized spacial score (nSPS) is 38.7. The van der Waals surface area contributed by atoms with Crippen molar-refractivity contribution in [2.45, 2.75) is 116 Å². The van der Waals surface area contributed by atoms with Crippen molar-refractivity contribution in [3.8, 4) is 0 Å². The van der Waals surface area contributed by atoms with Crippen LogP contribution in [0.2, 0.25) is 0 Å². The molecule has 4 heteroatoms. The van der Waals surface area contributed by atoms with Crippen LogP contribution in [0.25, 0.3) is 0 Å². The molecule has 0 bridgehead atoms. The number of ether oxygens (including phenoxy) is 2. The minimum absolute atomic E-state index is 0.0151. The summed E-state index contributed by atoms with van der Waals surface area (Å²) in [5, 5.41) is 0. The van der Waals surface area contributed by atoms with Crippen LogP contribution in [0.4, 0.5) is 0 Å². The molecular weight excluding hydrogens is 392 g/mol. The van der Waals surface area contributed by atoms with E-state index in [1.54, 1.807) is 0 Å². The van der Waals surface area contributed by atoms with Crippen LogP contribution in [0.5, 0.6) is 0 Å². The predicted molar refractivity (Wildman–Crippen MR) is 111 cm³/mol. The number of hydrogen-bond donors (Lipinski definition) is 0. The van der Waals surface area contributed by atoms with Gasteiger partial charge in [0.2, 0.25) is 0 Å². The third-order valence-corrected chi connectivity index (χ3v) is 8.57. The van der Waals surface area contributed by atoms with Crippen molar-refractivity contribution in [1.29, 1.82) is 0 Å². The van der Waals surface area contributed by atoms with Crippen LogP contribution in [0.3, 0.4) is 0 Å². The molecule has 0 radical (unpaired) electrons. The first-order valence-electron chi connectivity index (χ1n) is 10.5. The number of esters is 1. The average molecular weight is 431 g/mol. The lowest BCUT2D eigenvalue weighted by Gasteiger charge is -2.48. The fourth-order valence-corrected chi connectivity index (χ4v) is 5.90. The highest BCUT2D eigenvalue weighted by molar-refractivity contribution is 9.10. The van der Waals surface area contributed by atoms with Crippen molar-refractivity contribution in [3.63, 3.8) is 0 Å². The van der Waals surface area contributed by atoms with Crippen molar-refractivity contribution >= 4 is 21.9 Å². The second kappa shape index (κ2) is 8.11. The average Bonchev–Trinajstić information content (AvgIpc) is 2.72. The Balaban J connectivity index is 2.10. The molecule has 1 heterocycles. The van der Waals surface area contributed by atoms with Crippen LogP contribution in [-0.2, 0) is 14.3 Å². The van der Waals surface area contributed by atoms with E-state index >= 15 is 0 Å². The maximum absolute atomic E-state index is 12.4. The Bertz CT molecular complexity index is 500. The number of alkyl halides is 1. The number of carbonyl (C=O) groups excluding carboxylic acids is 1. The van der Waals surface area contributed by atoms with E-state index in [0.29, 0.717) is 0 Å². The van der Waals surface area contributed by atoms with Gasteiger partial charge in [-0.2, -0.15) is 0 Å². The summed E-state index contributed by atoms with van der Waals surface area (Å²) in [6.45, 7) is 14.9. The Hall–Kier alpha value is -0.0900. The van der Waals surface area contributed by atoms with Gasteiger partial charge in [-0.1, -0.05) is 49.5 Å². The van der Waals surface area contributed by atoms with Crippen LogP contribution in [0, 0.1) is 16.7 Å². The zero-order valence-electron chi connectivity index (χ0n) is 17.9. The van der Waals surface area contributed by atoms with Gasteiger partial charge in [0.15, 0.2) is 0 Å². The smallest absolute Gasteiger partial charge is 0.311 e. The second-order valence-corrected chi connectivity index (χ2v) is 11.5. The Morgan fingerprint density at radius 2 is 2.00 bits per heavy atom. The van der Waals surface area contributed by atoms with Gasteiger partial charge < -0.3 is 9.47 Å². The lowest BCUT2D eigenvalue weighted by atomic mass is 9.63. The Kier molecular flexibility index (Phi) is 6.92. The molecule has 1 unspecified atom stereocenters. The maximum atomic E-state index is 12.4. The van der Waals surface area contributed by atoms with E-state index in [1.807, 2.05) is 20.8 Å². The van der Waals surface area contributed by atoms with Crippen molar-refractivity contribution in [2.24, 2.45) is 16.7 Å². The van der Waals surface area contributed by atoms with Gasteiger partial charge in [0.1, 0.15) is 6.10 Å². The van der Waals surface area contributed by atoms with E-state index in [-0.39, 0.29) is 34.0 Å². The number of fused-ring (bicyclic) bond motifs is 1. The monoisotopic (exact) mass is 430 g/mol. The fourth-order valence-electron chi connectivity index (χ4n) is 4.68. The lowest BCUT2D eigenvalue weighted by Crippen LogP contribution is -2.53. The van der Waals surface area contributed by atoms with Gasteiger partial charge in [-0.3, -0.25) is 4.79 Å². The fraction of sp³-hybridized carbons (Fsp3) is 0.955. The molecule has 1 aliphatic heterocycles. The summed E-state index contributed by atoms with van der Waals surface area (Å²) in [5.74, 6) is 0.641. The highest BCUT2D eigenvalue weighted by Gasteiger charge is 2.63. The zero-order valence-corrected chi connectivity index (χ0v) is 19.4. The molecule has 6 atom stereocenters. The molecule has 0 aromatic carbocycles. The van der Waals surface area contributed by atoms with Crippen LogP contribution in [0.1, 0.15) is 93.4 Å². The third-order valence-electron chi connectivity index (χ3n) is 6.83. The molecule has 2 rings (SSSR count). The first kappa shape index (κ1) is 22.2. The Labute approximate surface area is 169 Å². The minimum Gasteiger partial charge on any atom is -0.462 e. The van der Waals surface area contributed by atoms with Gasteiger partial charge >= 0.3 is 5.97 Å². The first-order valence-corrected chi connectivity index (χ1v) is 11.3. The first-order chi connectivity index (χ1) is 11.9. The van der Waals surface area contributed by atoms with Crippen molar-refractivity contribution in [3.05, 3.63) is 0 Å². The van der Waals surface area contributed by atoms with E-state index < -0.39 is 5.41 Å². The van der Waals surface area contributed by atoms with Crippen LogP contribution in [0.15, 0.2) is 0 Å². The van der Waals surface area contributed by atoms with Crippen molar-refractivity contribution in [1.82, 2.24) is 0 Å². The Morgan fingerprint density at radius 1 is 1.35 bits per heavy atom. The largest absolute Gasteiger partial charge is 0.462 e. The molecule has 0 spiro atoms. The predicted octanol–water partition coefficient (Wildman–Crippen LogP) is 6.27. The molecule has 0 amide bonds. The van der Waals surface area contributed by atoms with E-state index in [9.17, 15) is 4.79 Å². The van der Waals surface area contributed by atoms with Gasteiger partial charge in [0.25, 0.3) is 0 Å². The van der Waals surface area contributed by atoms with Crippen LogP contribution < -0.4 is 0 Å². The standard InChI is InChI=1S/C22H39BrO3/c1-8-9-15(2)10-11-18-22(23)14-17(26-19(24)20(4,5)6)12-13-21(22,7)16(3)25-18/h15-18H,8-14H2,1-7H3/t15?,16-,17+,18-,21+,22+/m1/s1. The molecule has 1 aliphatic carbocycles. The highest BCUT2D eigenvalue weighted by Crippen LogP contribution is 2.61. The van der Waals surface area contributed by atoms with Gasteiger partial charge in [0, 0.05) is 11.8 Å². The van der Waals surface area contributed by atoms with E-state index in [4.69, 9.17) is 9.47 Å². The van der Waals surface area contributed by atoms with Gasteiger partial charge in [-0.05, 0) is 59.3 Å². The summed E-state index contributed by atoms with van der Waals surface area (Å²) in [6, 6.07) is 0. The molecule has 1 saturated carbocycles. The third kappa shape index (κ3) is 4.32. The molecule has 2 aliphatic rings. The van der Waals surface area contributed by atoms with Gasteiger partial charge in [-0.15, -0.1) is 0 Å². The van der Waals surface area contributed by atoms with E-state index in [2.05, 4.69) is 43.6 Å². The molecule has 2 fully saturated rings. The topological polar surface area (TPSA) is 35.5 Å². The quantitative estimate of drug-likeness (QED) is 0.367. The number of hydrogen-bond acceptors (Lipinski definition) is 3. The molecule has 0 aromatic heterocycles. The number of carbonyl (C=O) groups is 1. The lowest BCUT2D eigenvalue weighted by molar-refractivity contribution is -0.162. The summed E-state index contributed by atoms with van der Waals surface area (Å²) in [7, 11) is 0. The van der Waals surface area contributed by atoms with Gasteiger partial charge in [0.05, 0.1) is 21.9 Å². The van der Waals surface area contributed by atoms with Crippen LogP contribution >= 0.6 is 15.9 Å². The van der Waals surface area contributed by atoms with Crippen molar-refractivity contribution in [2.75, 3.05) is 0 Å². The number of halogens is 1. The summed E-state index contributed by atoms with van der Waals surface area (Å²) in [4.78, 5) is 12.4. The summed E-state index contributed by atoms with van der Waals surface area (Å²) >= 11 is 4.14. The summed E-state index contributed by atoms with van der Waals surface area (Å²) in [6.07, 6.45) is 8.01. The van der Waals surface area contributed by atoms with Crippen LogP contribution in [-0.4, -0.2) is 28.6 Å². The SMILES string of the molecule is CCCC(C)CC[C@H]1O[C@H](C)[C@]2(C)CC[C@H](OC(=O)C(C)(C)C)C[C@]12Br. The number of rotatable bonds is 6.